The predicted octanol–water partition coefficient (Wildman–Crippen LogP) is 1.74. The van der Waals surface area contributed by atoms with Gasteiger partial charge in [0.2, 0.25) is 0 Å². The Hall–Kier alpha value is -0.775. The van der Waals surface area contributed by atoms with Crippen LogP contribution in [0.15, 0.2) is 12.3 Å². The third kappa shape index (κ3) is 2.03. The molecule has 0 spiro atoms. The number of halogens is 1. The Balaban J connectivity index is 2.36. The Kier molecular flexibility index (Phi) is 2.88. The van der Waals surface area contributed by atoms with Crippen LogP contribution in [-0.4, -0.2) is 28.4 Å². The summed E-state index contributed by atoms with van der Waals surface area (Å²) in [6, 6.07) is 1.52. The van der Waals surface area contributed by atoms with Crippen LogP contribution in [-0.2, 0) is 9.31 Å². The van der Waals surface area contributed by atoms with Crippen molar-refractivity contribution < 1.29 is 14.4 Å². The fourth-order valence-corrected chi connectivity index (χ4v) is 1.73. The monoisotopic (exact) mass is 255 g/mol. The highest BCUT2D eigenvalue weighted by atomic mass is 35.5. The Morgan fingerprint density at radius 3 is 2.29 bits per heavy atom. The van der Waals surface area contributed by atoms with Crippen molar-refractivity contribution in [3.8, 4) is 5.75 Å². The van der Waals surface area contributed by atoms with Gasteiger partial charge in [-0.15, -0.1) is 0 Å². The first-order valence-electron chi connectivity index (χ1n) is 5.43. The summed E-state index contributed by atoms with van der Waals surface area (Å²) < 4.78 is 11.6. The molecule has 1 aromatic heterocycles. The highest BCUT2D eigenvalue weighted by Crippen LogP contribution is 2.37. The van der Waals surface area contributed by atoms with Crippen LogP contribution >= 0.6 is 11.6 Å². The lowest BCUT2D eigenvalue weighted by Gasteiger charge is -2.32. The maximum Gasteiger partial charge on any atom is 0.518 e. The van der Waals surface area contributed by atoms with Gasteiger partial charge in [0.25, 0.3) is 0 Å². The lowest BCUT2D eigenvalue weighted by molar-refractivity contribution is 0.00578. The average molecular weight is 256 g/mol. The lowest BCUT2D eigenvalue weighted by atomic mass is 9.83. The number of pyridine rings is 1. The normalized spacial score (nSPS) is 21.8. The summed E-state index contributed by atoms with van der Waals surface area (Å²) in [5.41, 5.74) is -0.612. The van der Waals surface area contributed by atoms with Gasteiger partial charge >= 0.3 is 7.12 Å². The Labute approximate surface area is 106 Å². The second-order valence-corrected chi connectivity index (χ2v) is 5.52. The van der Waals surface area contributed by atoms with Gasteiger partial charge < -0.3 is 14.4 Å². The van der Waals surface area contributed by atoms with E-state index < -0.39 is 18.3 Å². The van der Waals surface area contributed by atoms with Crippen LogP contribution in [0.2, 0.25) is 5.02 Å². The van der Waals surface area contributed by atoms with Crippen molar-refractivity contribution in [1.29, 1.82) is 0 Å². The molecule has 0 aromatic carbocycles. The van der Waals surface area contributed by atoms with E-state index in [9.17, 15) is 5.11 Å². The maximum absolute atomic E-state index is 9.84. The smallest absolute Gasteiger partial charge is 0.505 e. The van der Waals surface area contributed by atoms with Gasteiger partial charge in [0, 0.05) is 6.20 Å². The van der Waals surface area contributed by atoms with Crippen LogP contribution in [0.5, 0.6) is 5.75 Å². The van der Waals surface area contributed by atoms with E-state index >= 15 is 0 Å². The molecule has 0 radical (unpaired) electrons. The summed E-state index contributed by atoms with van der Waals surface area (Å²) in [6.45, 7) is 7.76. The summed E-state index contributed by atoms with van der Waals surface area (Å²) in [5, 5.41) is 10.1. The van der Waals surface area contributed by atoms with Crippen LogP contribution in [0, 0.1) is 0 Å². The first-order chi connectivity index (χ1) is 7.74. The van der Waals surface area contributed by atoms with Crippen molar-refractivity contribution in [2.75, 3.05) is 0 Å². The number of hydrogen-bond acceptors (Lipinski definition) is 4. The predicted molar refractivity (Wildman–Crippen MR) is 66.6 cm³/mol. The molecule has 0 saturated carbocycles. The van der Waals surface area contributed by atoms with Crippen LogP contribution in [0.1, 0.15) is 27.7 Å². The standard InChI is InChI=1S/C11H15BClNO3/c1-10(2)11(3,4)17-12(16-10)9-8(15)7(13)5-6-14-9/h5-6,15H,1-4H3. The minimum absolute atomic E-state index is 0.0901. The van der Waals surface area contributed by atoms with E-state index in [1.165, 1.54) is 12.3 Å². The van der Waals surface area contributed by atoms with E-state index in [0.717, 1.165) is 0 Å². The van der Waals surface area contributed by atoms with E-state index in [0.29, 0.717) is 5.59 Å². The molecule has 17 heavy (non-hydrogen) atoms. The van der Waals surface area contributed by atoms with E-state index in [2.05, 4.69) is 4.98 Å². The van der Waals surface area contributed by atoms with E-state index in [-0.39, 0.29) is 10.8 Å². The number of rotatable bonds is 1. The molecule has 6 heteroatoms. The van der Waals surface area contributed by atoms with Crippen LogP contribution in [0.3, 0.4) is 0 Å². The van der Waals surface area contributed by atoms with Crippen molar-refractivity contribution in [1.82, 2.24) is 4.98 Å². The molecular weight excluding hydrogens is 240 g/mol. The molecule has 1 aliphatic heterocycles. The van der Waals surface area contributed by atoms with Crippen molar-refractivity contribution in [2.45, 2.75) is 38.9 Å². The molecule has 0 bridgehead atoms. The zero-order valence-corrected chi connectivity index (χ0v) is 11.1. The molecule has 0 aliphatic carbocycles. The molecule has 2 heterocycles. The van der Waals surface area contributed by atoms with Gasteiger partial charge in [-0.05, 0) is 33.8 Å². The fourth-order valence-electron chi connectivity index (χ4n) is 1.57. The quantitative estimate of drug-likeness (QED) is 0.777. The zero-order valence-electron chi connectivity index (χ0n) is 10.3. The summed E-state index contributed by atoms with van der Waals surface area (Å²) in [7, 11) is -0.696. The summed E-state index contributed by atoms with van der Waals surface area (Å²) in [4.78, 5) is 4.07. The van der Waals surface area contributed by atoms with Crippen LogP contribution < -0.4 is 5.59 Å². The van der Waals surface area contributed by atoms with E-state index in [1.54, 1.807) is 0 Å². The Bertz CT molecular complexity index is 434. The van der Waals surface area contributed by atoms with Gasteiger partial charge in [0.05, 0.1) is 16.2 Å². The molecule has 1 aromatic rings. The van der Waals surface area contributed by atoms with Crippen molar-refractivity contribution in [3.05, 3.63) is 17.3 Å². The SMILES string of the molecule is CC1(C)OB(c2nccc(Cl)c2O)OC1(C)C. The van der Waals surface area contributed by atoms with Gasteiger partial charge in [-0.25, -0.2) is 0 Å². The van der Waals surface area contributed by atoms with Gasteiger partial charge in [0.15, 0.2) is 5.75 Å². The summed E-state index contributed by atoms with van der Waals surface area (Å²) in [6.07, 6.45) is 1.52. The average Bonchev–Trinajstić information content (AvgIpc) is 2.40. The zero-order chi connectivity index (χ0) is 12.8. The van der Waals surface area contributed by atoms with Gasteiger partial charge in [-0.1, -0.05) is 11.6 Å². The Morgan fingerprint density at radius 1 is 1.24 bits per heavy atom. The molecular formula is C11H15BClNO3. The molecule has 1 fully saturated rings. The molecule has 0 amide bonds. The van der Waals surface area contributed by atoms with Crippen molar-refractivity contribution in [2.24, 2.45) is 0 Å². The van der Waals surface area contributed by atoms with Crippen LogP contribution in [0.25, 0.3) is 0 Å². The van der Waals surface area contributed by atoms with Crippen molar-refractivity contribution in [3.63, 3.8) is 0 Å². The minimum Gasteiger partial charge on any atom is -0.505 e. The van der Waals surface area contributed by atoms with E-state index in [1.807, 2.05) is 27.7 Å². The maximum atomic E-state index is 9.84. The van der Waals surface area contributed by atoms with Crippen molar-refractivity contribution >= 4 is 24.3 Å². The molecule has 4 nitrogen and oxygen atoms in total. The minimum atomic E-state index is -0.696. The lowest BCUT2D eigenvalue weighted by Crippen LogP contribution is -2.41. The molecule has 2 rings (SSSR count). The van der Waals surface area contributed by atoms with Gasteiger partial charge in [-0.3, -0.25) is 4.98 Å². The molecule has 92 valence electrons. The number of aromatic nitrogens is 1. The number of hydrogen-bond donors (Lipinski definition) is 1. The van der Waals surface area contributed by atoms with E-state index in [4.69, 9.17) is 20.9 Å². The van der Waals surface area contributed by atoms with Gasteiger partial charge in [-0.2, -0.15) is 0 Å². The third-order valence-corrected chi connectivity index (χ3v) is 3.68. The fraction of sp³-hybridized carbons (Fsp3) is 0.545. The molecule has 1 N–H and O–H groups in total. The largest absolute Gasteiger partial charge is 0.518 e. The second kappa shape index (κ2) is 3.87. The summed E-state index contributed by atoms with van der Waals surface area (Å²) >= 11 is 5.83. The highest BCUT2D eigenvalue weighted by Gasteiger charge is 2.53. The topological polar surface area (TPSA) is 51.6 Å². The molecule has 1 aliphatic rings. The first-order valence-corrected chi connectivity index (χ1v) is 5.81. The van der Waals surface area contributed by atoms with Crippen LogP contribution in [0.4, 0.5) is 0 Å². The number of nitrogens with zero attached hydrogens (tertiary/aromatic N) is 1. The molecule has 0 unspecified atom stereocenters. The third-order valence-electron chi connectivity index (χ3n) is 3.38. The highest BCUT2D eigenvalue weighted by molar-refractivity contribution is 6.62. The number of aromatic hydroxyl groups is 1. The molecule has 0 atom stereocenters. The summed E-state index contributed by atoms with van der Waals surface area (Å²) in [5.74, 6) is -0.0901. The van der Waals surface area contributed by atoms with Gasteiger partial charge in [0.1, 0.15) is 5.59 Å². The Morgan fingerprint density at radius 2 is 1.76 bits per heavy atom. The second-order valence-electron chi connectivity index (χ2n) is 5.11. The first kappa shape index (κ1) is 12.7. The molecule has 1 saturated heterocycles.